The van der Waals surface area contributed by atoms with E-state index in [2.05, 4.69) is 10.4 Å². The van der Waals surface area contributed by atoms with Crippen molar-refractivity contribution in [2.45, 2.75) is 13.5 Å². The lowest BCUT2D eigenvalue weighted by Gasteiger charge is -2.09. The van der Waals surface area contributed by atoms with Gasteiger partial charge >= 0.3 is 0 Å². The minimum Gasteiger partial charge on any atom is -0.481 e. The monoisotopic (exact) mass is 299 g/mol. The third kappa shape index (κ3) is 3.14. The highest BCUT2D eigenvalue weighted by Crippen LogP contribution is 2.25. The van der Waals surface area contributed by atoms with Crippen molar-refractivity contribution in [1.82, 2.24) is 9.78 Å². The van der Waals surface area contributed by atoms with Crippen LogP contribution in [0.25, 0.3) is 0 Å². The minimum atomic E-state index is 0.597. The summed E-state index contributed by atoms with van der Waals surface area (Å²) in [5.41, 5.74) is 2.81. The second-order valence-corrected chi connectivity index (χ2v) is 5.08. The maximum Gasteiger partial charge on any atom is 0.216 e. The van der Waals surface area contributed by atoms with Gasteiger partial charge in [-0.25, -0.2) is 4.68 Å². The number of halogens is 2. The van der Waals surface area contributed by atoms with Crippen molar-refractivity contribution in [1.29, 1.82) is 0 Å². The maximum absolute atomic E-state index is 5.96. The topological polar surface area (TPSA) is 39.1 Å². The van der Waals surface area contributed by atoms with Crippen molar-refractivity contribution >= 4 is 28.9 Å². The lowest BCUT2D eigenvalue weighted by atomic mass is 10.2. The van der Waals surface area contributed by atoms with E-state index in [0.717, 1.165) is 22.8 Å². The molecule has 6 heteroatoms. The molecule has 0 amide bonds. The number of methoxy groups -OCH3 is 1. The molecule has 2 rings (SSSR count). The Morgan fingerprint density at radius 1 is 1.26 bits per heavy atom. The molecular weight excluding hydrogens is 285 g/mol. The van der Waals surface area contributed by atoms with Gasteiger partial charge in [0.25, 0.3) is 0 Å². The van der Waals surface area contributed by atoms with E-state index in [1.165, 1.54) is 0 Å². The first-order valence-corrected chi connectivity index (χ1v) is 6.53. The molecular formula is C13H15Cl2N3O. The SMILES string of the molecule is COc1c(CNc2cc(Cl)cc(Cl)c2)c(C)nn1C. The molecule has 1 heterocycles. The molecule has 1 N–H and O–H groups in total. The number of anilines is 1. The van der Waals surface area contributed by atoms with Crippen LogP contribution >= 0.6 is 23.2 Å². The summed E-state index contributed by atoms with van der Waals surface area (Å²) in [6.45, 7) is 2.55. The number of nitrogens with zero attached hydrogens (tertiary/aromatic N) is 2. The van der Waals surface area contributed by atoms with Crippen LogP contribution in [0.4, 0.5) is 5.69 Å². The first-order valence-electron chi connectivity index (χ1n) is 5.77. The molecule has 1 aromatic carbocycles. The molecule has 0 aliphatic heterocycles. The van der Waals surface area contributed by atoms with Crippen LogP contribution < -0.4 is 10.1 Å². The van der Waals surface area contributed by atoms with Crippen LogP contribution in [-0.4, -0.2) is 16.9 Å². The van der Waals surface area contributed by atoms with E-state index in [4.69, 9.17) is 27.9 Å². The molecule has 0 bridgehead atoms. The summed E-state index contributed by atoms with van der Waals surface area (Å²) in [6, 6.07) is 5.35. The standard InChI is InChI=1S/C13H15Cl2N3O/c1-8-12(13(19-3)18(2)17-8)7-16-11-5-9(14)4-10(15)6-11/h4-6,16H,7H2,1-3H3. The predicted octanol–water partition coefficient (Wildman–Crippen LogP) is 3.66. The fourth-order valence-electron chi connectivity index (χ4n) is 1.99. The van der Waals surface area contributed by atoms with Crippen LogP contribution in [0.15, 0.2) is 18.2 Å². The van der Waals surface area contributed by atoms with Gasteiger partial charge in [0.15, 0.2) is 0 Å². The molecule has 4 nitrogen and oxygen atoms in total. The van der Waals surface area contributed by atoms with Gasteiger partial charge in [-0.2, -0.15) is 5.10 Å². The van der Waals surface area contributed by atoms with E-state index in [1.807, 2.05) is 26.1 Å². The van der Waals surface area contributed by atoms with E-state index < -0.39 is 0 Å². The van der Waals surface area contributed by atoms with Crippen LogP contribution in [0.3, 0.4) is 0 Å². The summed E-state index contributed by atoms with van der Waals surface area (Å²) >= 11 is 11.9. The van der Waals surface area contributed by atoms with Gasteiger partial charge in [-0.3, -0.25) is 0 Å². The number of aryl methyl sites for hydroxylation is 2. The summed E-state index contributed by atoms with van der Waals surface area (Å²) in [5.74, 6) is 0.748. The molecule has 0 radical (unpaired) electrons. The second kappa shape index (κ2) is 5.72. The quantitative estimate of drug-likeness (QED) is 0.936. The van der Waals surface area contributed by atoms with Crippen LogP contribution in [-0.2, 0) is 13.6 Å². The molecule has 0 atom stereocenters. The molecule has 1 aromatic heterocycles. The minimum absolute atomic E-state index is 0.597. The van der Waals surface area contributed by atoms with Crippen molar-refractivity contribution in [2.75, 3.05) is 12.4 Å². The van der Waals surface area contributed by atoms with Gasteiger partial charge in [-0.05, 0) is 25.1 Å². The average molecular weight is 300 g/mol. The van der Waals surface area contributed by atoms with E-state index in [-0.39, 0.29) is 0 Å². The fraction of sp³-hybridized carbons (Fsp3) is 0.308. The Balaban J connectivity index is 2.18. The Kier molecular flexibility index (Phi) is 4.22. The van der Waals surface area contributed by atoms with E-state index in [9.17, 15) is 0 Å². The zero-order valence-electron chi connectivity index (χ0n) is 11.0. The number of aromatic nitrogens is 2. The van der Waals surface area contributed by atoms with Gasteiger partial charge in [0.1, 0.15) is 0 Å². The number of hydrogen-bond donors (Lipinski definition) is 1. The first-order chi connectivity index (χ1) is 9.01. The maximum atomic E-state index is 5.96. The van der Waals surface area contributed by atoms with Gasteiger partial charge in [0.2, 0.25) is 5.88 Å². The molecule has 0 fully saturated rings. The second-order valence-electron chi connectivity index (χ2n) is 4.21. The molecule has 102 valence electrons. The highest BCUT2D eigenvalue weighted by atomic mass is 35.5. The number of hydrogen-bond acceptors (Lipinski definition) is 3. The van der Waals surface area contributed by atoms with Crippen LogP contribution in [0.2, 0.25) is 10.0 Å². The van der Waals surface area contributed by atoms with Crippen LogP contribution in [0.5, 0.6) is 5.88 Å². The highest BCUT2D eigenvalue weighted by molar-refractivity contribution is 6.35. The van der Waals surface area contributed by atoms with Crippen LogP contribution in [0, 0.1) is 6.92 Å². The molecule has 0 saturated carbocycles. The Morgan fingerprint density at radius 3 is 2.47 bits per heavy atom. The molecule has 0 spiro atoms. The molecule has 2 aromatic rings. The van der Waals surface area contributed by atoms with Crippen molar-refractivity contribution in [3.05, 3.63) is 39.5 Å². The third-order valence-electron chi connectivity index (χ3n) is 2.81. The molecule has 0 aliphatic carbocycles. The highest BCUT2D eigenvalue weighted by Gasteiger charge is 2.13. The van der Waals surface area contributed by atoms with Gasteiger partial charge < -0.3 is 10.1 Å². The Labute approximate surface area is 122 Å². The Bertz CT molecular complexity index is 576. The largest absolute Gasteiger partial charge is 0.481 e. The van der Waals surface area contributed by atoms with Crippen molar-refractivity contribution < 1.29 is 4.74 Å². The van der Waals surface area contributed by atoms with Gasteiger partial charge in [0, 0.05) is 29.3 Å². The Hall–Kier alpha value is -1.39. The fourth-order valence-corrected chi connectivity index (χ4v) is 2.51. The normalized spacial score (nSPS) is 10.6. The zero-order valence-corrected chi connectivity index (χ0v) is 12.5. The average Bonchev–Trinajstić information content (AvgIpc) is 2.59. The van der Waals surface area contributed by atoms with Crippen molar-refractivity contribution in [3.63, 3.8) is 0 Å². The number of ether oxygens (including phenoxy) is 1. The van der Waals surface area contributed by atoms with Gasteiger partial charge in [0.05, 0.1) is 18.4 Å². The Morgan fingerprint density at radius 2 is 1.89 bits per heavy atom. The number of benzene rings is 1. The number of nitrogens with one attached hydrogen (secondary N) is 1. The summed E-state index contributed by atoms with van der Waals surface area (Å²) < 4.78 is 7.06. The molecule has 0 saturated heterocycles. The van der Waals surface area contributed by atoms with E-state index >= 15 is 0 Å². The van der Waals surface area contributed by atoms with Crippen LogP contribution in [0.1, 0.15) is 11.3 Å². The lowest BCUT2D eigenvalue weighted by molar-refractivity contribution is 0.370. The summed E-state index contributed by atoms with van der Waals surface area (Å²) in [5, 5.41) is 8.80. The van der Waals surface area contributed by atoms with Gasteiger partial charge in [-0.15, -0.1) is 0 Å². The zero-order chi connectivity index (χ0) is 14.0. The summed E-state index contributed by atoms with van der Waals surface area (Å²) in [6.07, 6.45) is 0. The summed E-state index contributed by atoms with van der Waals surface area (Å²) in [4.78, 5) is 0. The summed E-state index contributed by atoms with van der Waals surface area (Å²) in [7, 11) is 3.49. The van der Waals surface area contributed by atoms with Crippen molar-refractivity contribution in [3.8, 4) is 5.88 Å². The lowest BCUT2D eigenvalue weighted by Crippen LogP contribution is -2.03. The third-order valence-corrected chi connectivity index (χ3v) is 3.25. The first kappa shape index (κ1) is 14.0. The molecule has 0 unspecified atom stereocenters. The molecule has 0 aliphatic rings. The van der Waals surface area contributed by atoms with E-state index in [0.29, 0.717) is 16.6 Å². The number of rotatable bonds is 4. The predicted molar refractivity (Wildman–Crippen MR) is 78.3 cm³/mol. The molecule has 19 heavy (non-hydrogen) atoms. The smallest absolute Gasteiger partial charge is 0.216 e. The van der Waals surface area contributed by atoms with Gasteiger partial charge in [-0.1, -0.05) is 23.2 Å². The van der Waals surface area contributed by atoms with E-state index in [1.54, 1.807) is 17.9 Å². The van der Waals surface area contributed by atoms with Crippen molar-refractivity contribution in [2.24, 2.45) is 7.05 Å².